The first kappa shape index (κ1) is 12.9. The highest BCUT2D eigenvalue weighted by molar-refractivity contribution is 5.80. The van der Waals surface area contributed by atoms with Gasteiger partial charge in [-0.3, -0.25) is 9.59 Å². The summed E-state index contributed by atoms with van der Waals surface area (Å²) < 4.78 is 0. The lowest BCUT2D eigenvalue weighted by atomic mass is 10.2. The van der Waals surface area contributed by atoms with E-state index in [1.165, 1.54) is 0 Å². The first-order valence-electron chi connectivity index (χ1n) is 5.66. The largest absolute Gasteiger partial charge is 0.368 e. The highest BCUT2D eigenvalue weighted by Crippen LogP contribution is 2.03. The van der Waals surface area contributed by atoms with Crippen LogP contribution in [0, 0.1) is 0 Å². The summed E-state index contributed by atoms with van der Waals surface area (Å²) >= 11 is 0. The number of carbonyl (C=O) groups excluding carboxylic acids is 2. The van der Waals surface area contributed by atoms with Crippen LogP contribution in [0.25, 0.3) is 0 Å². The molecule has 2 heterocycles. The average molecular weight is 228 g/mol. The van der Waals surface area contributed by atoms with Crippen LogP contribution in [0.2, 0.25) is 0 Å². The van der Waals surface area contributed by atoms with Gasteiger partial charge >= 0.3 is 0 Å². The summed E-state index contributed by atoms with van der Waals surface area (Å²) in [5, 5.41) is 5.96. The van der Waals surface area contributed by atoms with Gasteiger partial charge in [0.05, 0.1) is 12.1 Å². The number of rotatable bonds is 2. The Bertz CT molecular complexity index is 219. The van der Waals surface area contributed by atoms with Crippen molar-refractivity contribution in [1.82, 2.24) is 10.6 Å². The van der Waals surface area contributed by atoms with Crippen LogP contribution in [-0.4, -0.2) is 37.0 Å². The van der Waals surface area contributed by atoms with Gasteiger partial charge in [-0.15, -0.1) is 0 Å². The summed E-state index contributed by atoms with van der Waals surface area (Å²) in [6.07, 6.45) is 3.98. The van der Waals surface area contributed by atoms with Crippen LogP contribution in [-0.2, 0) is 9.59 Å². The van der Waals surface area contributed by atoms with Crippen molar-refractivity contribution in [2.75, 3.05) is 13.1 Å². The van der Waals surface area contributed by atoms with E-state index in [2.05, 4.69) is 10.6 Å². The number of carbonyl (C=O) groups is 2. The lowest BCUT2D eigenvalue weighted by Crippen LogP contribution is -2.36. The van der Waals surface area contributed by atoms with E-state index in [9.17, 15) is 9.59 Å². The Morgan fingerprint density at radius 3 is 1.38 bits per heavy atom. The van der Waals surface area contributed by atoms with Crippen molar-refractivity contribution in [3.05, 3.63) is 0 Å². The fourth-order valence-electron chi connectivity index (χ4n) is 1.85. The van der Waals surface area contributed by atoms with Gasteiger partial charge in [0, 0.05) is 0 Å². The number of nitrogens with one attached hydrogen (secondary N) is 2. The molecule has 0 spiro atoms. The van der Waals surface area contributed by atoms with Gasteiger partial charge in [-0.1, -0.05) is 0 Å². The fourth-order valence-corrected chi connectivity index (χ4v) is 1.85. The van der Waals surface area contributed by atoms with E-state index in [1.807, 2.05) is 0 Å². The van der Waals surface area contributed by atoms with Crippen LogP contribution in [0.4, 0.5) is 0 Å². The van der Waals surface area contributed by atoms with Gasteiger partial charge in [0.15, 0.2) is 0 Å². The predicted molar refractivity (Wildman–Crippen MR) is 60.4 cm³/mol. The SMILES string of the molecule is NC(=O)[C@@H]1CCCN1.NC(=O)[C@@H]1CCCN1. The second-order valence-electron chi connectivity index (χ2n) is 4.10. The molecule has 6 N–H and O–H groups in total. The molecule has 2 aliphatic rings. The Balaban J connectivity index is 0.000000160. The molecule has 2 atom stereocenters. The molecule has 0 unspecified atom stereocenters. The summed E-state index contributed by atoms with van der Waals surface area (Å²) in [4.78, 5) is 20.7. The number of nitrogens with two attached hydrogens (primary N) is 2. The van der Waals surface area contributed by atoms with Crippen molar-refractivity contribution in [2.45, 2.75) is 37.8 Å². The second-order valence-corrected chi connectivity index (χ2v) is 4.10. The van der Waals surface area contributed by atoms with E-state index < -0.39 is 0 Å². The smallest absolute Gasteiger partial charge is 0.234 e. The molecule has 2 rings (SSSR count). The molecule has 0 aromatic carbocycles. The third-order valence-electron chi connectivity index (χ3n) is 2.81. The molecule has 0 aromatic heterocycles. The van der Waals surface area contributed by atoms with Crippen LogP contribution in [0.1, 0.15) is 25.7 Å². The number of hydrogen-bond donors (Lipinski definition) is 4. The molecule has 2 fully saturated rings. The van der Waals surface area contributed by atoms with Gasteiger partial charge in [-0.05, 0) is 38.8 Å². The molecule has 6 heteroatoms. The minimum atomic E-state index is -0.220. The summed E-state index contributed by atoms with van der Waals surface area (Å²) in [6, 6.07) is -0.0926. The van der Waals surface area contributed by atoms with Crippen LogP contribution in [0.5, 0.6) is 0 Å². The van der Waals surface area contributed by atoms with Crippen LogP contribution >= 0.6 is 0 Å². The Morgan fingerprint density at radius 1 is 0.875 bits per heavy atom. The van der Waals surface area contributed by atoms with E-state index >= 15 is 0 Å². The van der Waals surface area contributed by atoms with E-state index in [0.717, 1.165) is 38.8 Å². The standard InChI is InChI=1S/2C5H10N2O/c2*6-5(8)4-2-1-3-7-4/h2*4,7H,1-3H2,(H2,6,8)/t2*4-/m00/s1. The first-order chi connectivity index (χ1) is 7.61. The van der Waals surface area contributed by atoms with Crippen molar-refractivity contribution in [2.24, 2.45) is 11.5 Å². The van der Waals surface area contributed by atoms with Gasteiger partial charge < -0.3 is 22.1 Å². The topological polar surface area (TPSA) is 110 Å². The zero-order valence-electron chi connectivity index (χ0n) is 9.37. The molecule has 2 aliphatic heterocycles. The molecule has 2 saturated heterocycles. The second kappa shape index (κ2) is 6.44. The van der Waals surface area contributed by atoms with E-state index in [0.29, 0.717) is 0 Å². The van der Waals surface area contributed by atoms with E-state index in [1.54, 1.807) is 0 Å². The minimum Gasteiger partial charge on any atom is -0.368 e. The van der Waals surface area contributed by atoms with Gasteiger partial charge in [0.25, 0.3) is 0 Å². The molecule has 0 radical (unpaired) electrons. The highest BCUT2D eigenvalue weighted by Gasteiger charge is 2.18. The molecular formula is C10H20N4O2. The number of amides is 2. The molecule has 0 bridgehead atoms. The quantitative estimate of drug-likeness (QED) is 0.458. The molecule has 2 amide bonds. The maximum absolute atomic E-state index is 10.4. The summed E-state index contributed by atoms with van der Waals surface area (Å²) in [5.41, 5.74) is 9.99. The first-order valence-corrected chi connectivity index (χ1v) is 5.66. The van der Waals surface area contributed by atoms with E-state index in [-0.39, 0.29) is 23.9 Å². The predicted octanol–water partition coefficient (Wildman–Crippen LogP) is -1.55. The normalized spacial score (nSPS) is 28.2. The Labute approximate surface area is 95.1 Å². The van der Waals surface area contributed by atoms with Crippen LogP contribution in [0.15, 0.2) is 0 Å². The summed E-state index contributed by atoms with van der Waals surface area (Å²) in [6.45, 7) is 1.88. The van der Waals surface area contributed by atoms with Crippen molar-refractivity contribution in [3.8, 4) is 0 Å². The Kier molecular flexibility index (Phi) is 5.21. The van der Waals surface area contributed by atoms with Crippen molar-refractivity contribution in [3.63, 3.8) is 0 Å². The van der Waals surface area contributed by atoms with Crippen LogP contribution in [0.3, 0.4) is 0 Å². The monoisotopic (exact) mass is 228 g/mol. The van der Waals surface area contributed by atoms with Crippen molar-refractivity contribution >= 4 is 11.8 Å². The number of hydrogen-bond acceptors (Lipinski definition) is 4. The molecule has 92 valence electrons. The maximum Gasteiger partial charge on any atom is 0.234 e. The Hall–Kier alpha value is -1.14. The lowest BCUT2D eigenvalue weighted by Gasteiger charge is -2.01. The minimum absolute atomic E-state index is 0.0463. The maximum atomic E-state index is 10.4. The third kappa shape index (κ3) is 4.16. The molecule has 0 aromatic rings. The molecule has 16 heavy (non-hydrogen) atoms. The highest BCUT2D eigenvalue weighted by atomic mass is 16.1. The zero-order valence-corrected chi connectivity index (χ0v) is 9.37. The molecule has 0 saturated carbocycles. The zero-order chi connectivity index (χ0) is 12.0. The lowest BCUT2D eigenvalue weighted by molar-refractivity contribution is -0.120. The number of primary amides is 2. The van der Waals surface area contributed by atoms with Gasteiger partial charge in [0.2, 0.25) is 11.8 Å². The third-order valence-corrected chi connectivity index (χ3v) is 2.81. The average Bonchev–Trinajstić information content (AvgIpc) is 2.93. The van der Waals surface area contributed by atoms with E-state index in [4.69, 9.17) is 11.5 Å². The van der Waals surface area contributed by atoms with Gasteiger partial charge in [-0.2, -0.15) is 0 Å². The molecule has 6 nitrogen and oxygen atoms in total. The van der Waals surface area contributed by atoms with Crippen molar-refractivity contribution in [1.29, 1.82) is 0 Å². The van der Waals surface area contributed by atoms with Crippen LogP contribution < -0.4 is 22.1 Å². The summed E-state index contributed by atoms with van der Waals surface area (Å²) in [7, 11) is 0. The Morgan fingerprint density at radius 2 is 1.25 bits per heavy atom. The summed E-state index contributed by atoms with van der Waals surface area (Å²) in [5.74, 6) is -0.440. The van der Waals surface area contributed by atoms with Crippen molar-refractivity contribution < 1.29 is 9.59 Å². The fraction of sp³-hybridized carbons (Fsp3) is 0.800. The van der Waals surface area contributed by atoms with Gasteiger partial charge in [0.1, 0.15) is 0 Å². The molecular weight excluding hydrogens is 208 g/mol. The molecule has 0 aliphatic carbocycles. The van der Waals surface area contributed by atoms with Gasteiger partial charge in [-0.25, -0.2) is 0 Å².